The summed E-state index contributed by atoms with van der Waals surface area (Å²) in [6.45, 7) is 2.80. The number of morpholine rings is 1. The van der Waals surface area contributed by atoms with E-state index in [2.05, 4.69) is 0 Å². The van der Waals surface area contributed by atoms with E-state index >= 15 is 0 Å². The van der Waals surface area contributed by atoms with Gasteiger partial charge in [-0.05, 0) is 32.1 Å². The molecule has 0 aromatic carbocycles. The van der Waals surface area contributed by atoms with Crippen LogP contribution in [0.25, 0.3) is 0 Å². The zero-order valence-corrected chi connectivity index (χ0v) is 11.5. The van der Waals surface area contributed by atoms with Gasteiger partial charge >= 0.3 is 0 Å². The highest BCUT2D eigenvalue weighted by Gasteiger charge is 2.38. The molecule has 2 aliphatic heterocycles. The molecule has 2 atom stereocenters. The Kier molecular flexibility index (Phi) is 3.78. The van der Waals surface area contributed by atoms with Gasteiger partial charge in [0.2, 0.25) is 5.91 Å². The lowest BCUT2D eigenvalue weighted by atomic mass is 9.75. The summed E-state index contributed by atoms with van der Waals surface area (Å²) in [6, 6.07) is 0. The molecule has 0 bridgehead atoms. The maximum atomic E-state index is 12.3. The number of hydrogen-bond acceptors (Lipinski definition) is 4. The molecule has 3 fully saturated rings. The Hall–Kier alpha value is -0.650. The molecule has 2 unspecified atom stereocenters. The van der Waals surface area contributed by atoms with Gasteiger partial charge in [-0.2, -0.15) is 0 Å². The molecule has 1 saturated carbocycles. The van der Waals surface area contributed by atoms with Crippen molar-refractivity contribution in [1.29, 1.82) is 0 Å². The Labute approximate surface area is 114 Å². The molecule has 0 aromatic heterocycles. The predicted molar refractivity (Wildman–Crippen MR) is 70.7 cm³/mol. The Bertz CT molecular complexity index is 338. The minimum atomic E-state index is -0.227. The number of ether oxygens (including phenoxy) is 2. The van der Waals surface area contributed by atoms with Gasteiger partial charge in [0.15, 0.2) is 0 Å². The van der Waals surface area contributed by atoms with E-state index in [0.29, 0.717) is 26.1 Å². The second-order valence-electron chi connectivity index (χ2n) is 6.19. The highest BCUT2D eigenvalue weighted by atomic mass is 16.5. The average Bonchev–Trinajstić information content (AvgIpc) is 2.91. The van der Waals surface area contributed by atoms with Crippen molar-refractivity contribution in [3.63, 3.8) is 0 Å². The fourth-order valence-electron chi connectivity index (χ4n) is 3.24. The van der Waals surface area contributed by atoms with Gasteiger partial charge in [-0.1, -0.05) is 0 Å². The summed E-state index contributed by atoms with van der Waals surface area (Å²) < 4.78 is 11.4. The highest BCUT2D eigenvalue weighted by molar-refractivity contribution is 5.77. The van der Waals surface area contributed by atoms with Crippen LogP contribution >= 0.6 is 0 Å². The number of carbonyl (C=O) groups excluding carboxylic acids is 1. The van der Waals surface area contributed by atoms with E-state index < -0.39 is 0 Å². The maximum Gasteiger partial charge on any atom is 0.224 e. The molecule has 0 spiro atoms. The lowest BCUT2D eigenvalue weighted by molar-refractivity contribution is -0.146. The SMILES string of the molecule is NC1(CC(=O)N2CCOC(C3CCCO3)C2)CCC1. The molecule has 3 aliphatic rings. The summed E-state index contributed by atoms with van der Waals surface area (Å²) in [5, 5.41) is 0. The zero-order valence-electron chi connectivity index (χ0n) is 11.5. The van der Waals surface area contributed by atoms with Gasteiger partial charge in [-0.25, -0.2) is 0 Å². The molecule has 1 aliphatic carbocycles. The molecular weight excluding hydrogens is 244 g/mol. The number of carbonyl (C=O) groups is 1. The summed E-state index contributed by atoms with van der Waals surface area (Å²) in [5.41, 5.74) is 5.94. The van der Waals surface area contributed by atoms with Gasteiger partial charge < -0.3 is 20.1 Å². The van der Waals surface area contributed by atoms with Crippen LogP contribution < -0.4 is 5.73 Å². The Morgan fingerprint density at radius 2 is 2.00 bits per heavy atom. The highest BCUT2D eigenvalue weighted by Crippen LogP contribution is 2.33. The standard InChI is InChI=1S/C14H24N2O3/c15-14(4-2-5-14)9-13(17)16-6-8-19-12(10-16)11-3-1-7-18-11/h11-12H,1-10,15H2. The van der Waals surface area contributed by atoms with Crippen molar-refractivity contribution in [2.24, 2.45) is 5.73 Å². The summed E-state index contributed by atoms with van der Waals surface area (Å²) in [5.74, 6) is 0.188. The number of hydrogen-bond donors (Lipinski definition) is 1. The largest absolute Gasteiger partial charge is 0.375 e. The summed E-state index contributed by atoms with van der Waals surface area (Å²) in [4.78, 5) is 14.2. The fourth-order valence-corrected chi connectivity index (χ4v) is 3.24. The third kappa shape index (κ3) is 2.93. The number of nitrogens with zero attached hydrogens (tertiary/aromatic N) is 1. The van der Waals surface area contributed by atoms with Crippen LogP contribution in [-0.2, 0) is 14.3 Å². The van der Waals surface area contributed by atoms with E-state index in [1.54, 1.807) is 0 Å². The molecule has 2 saturated heterocycles. The molecule has 19 heavy (non-hydrogen) atoms. The van der Waals surface area contributed by atoms with Crippen molar-refractivity contribution in [2.45, 2.75) is 56.3 Å². The van der Waals surface area contributed by atoms with E-state index in [1.807, 2.05) is 4.90 Å². The monoisotopic (exact) mass is 268 g/mol. The van der Waals surface area contributed by atoms with E-state index in [9.17, 15) is 4.79 Å². The van der Waals surface area contributed by atoms with Crippen molar-refractivity contribution in [3.05, 3.63) is 0 Å². The van der Waals surface area contributed by atoms with Crippen LogP contribution in [0.5, 0.6) is 0 Å². The summed E-state index contributed by atoms with van der Waals surface area (Å²) in [6.07, 6.45) is 5.99. The lowest BCUT2D eigenvalue weighted by Crippen LogP contribution is -2.54. The van der Waals surface area contributed by atoms with Crippen LogP contribution in [0.2, 0.25) is 0 Å². The summed E-state index contributed by atoms with van der Waals surface area (Å²) >= 11 is 0. The van der Waals surface area contributed by atoms with Gasteiger partial charge in [0, 0.05) is 31.7 Å². The predicted octanol–water partition coefficient (Wildman–Crippen LogP) is 0.664. The van der Waals surface area contributed by atoms with Gasteiger partial charge in [0.1, 0.15) is 6.10 Å². The van der Waals surface area contributed by atoms with Gasteiger partial charge in [0.05, 0.1) is 12.7 Å². The van der Waals surface area contributed by atoms with Crippen LogP contribution in [0.1, 0.15) is 38.5 Å². The van der Waals surface area contributed by atoms with Crippen molar-refractivity contribution in [3.8, 4) is 0 Å². The molecule has 5 heteroatoms. The van der Waals surface area contributed by atoms with Crippen LogP contribution in [0.15, 0.2) is 0 Å². The minimum absolute atomic E-state index is 0.0512. The van der Waals surface area contributed by atoms with E-state index in [-0.39, 0.29) is 23.7 Å². The quantitative estimate of drug-likeness (QED) is 0.817. The molecule has 5 nitrogen and oxygen atoms in total. The van der Waals surface area contributed by atoms with Gasteiger partial charge in [-0.3, -0.25) is 4.79 Å². The van der Waals surface area contributed by atoms with Crippen LogP contribution in [0.4, 0.5) is 0 Å². The molecule has 1 amide bonds. The third-order valence-electron chi connectivity index (χ3n) is 4.68. The first-order valence-electron chi connectivity index (χ1n) is 7.46. The van der Waals surface area contributed by atoms with Crippen LogP contribution in [0, 0.1) is 0 Å². The van der Waals surface area contributed by atoms with E-state index in [0.717, 1.165) is 38.7 Å². The van der Waals surface area contributed by atoms with Crippen LogP contribution in [-0.4, -0.2) is 54.9 Å². The molecule has 0 aromatic rings. The molecular formula is C14H24N2O3. The van der Waals surface area contributed by atoms with Crippen molar-refractivity contribution in [2.75, 3.05) is 26.3 Å². The molecule has 108 valence electrons. The average molecular weight is 268 g/mol. The van der Waals surface area contributed by atoms with E-state index in [1.165, 1.54) is 0 Å². The second-order valence-corrected chi connectivity index (χ2v) is 6.19. The number of amides is 1. The third-order valence-corrected chi connectivity index (χ3v) is 4.68. The number of rotatable bonds is 3. The first kappa shape index (κ1) is 13.3. The zero-order chi connectivity index (χ0) is 13.3. The van der Waals surface area contributed by atoms with Crippen LogP contribution in [0.3, 0.4) is 0 Å². The Balaban J connectivity index is 1.53. The normalized spacial score (nSPS) is 34.1. The van der Waals surface area contributed by atoms with Gasteiger partial charge in [-0.15, -0.1) is 0 Å². The first-order valence-corrected chi connectivity index (χ1v) is 7.46. The van der Waals surface area contributed by atoms with Crippen molar-refractivity contribution < 1.29 is 14.3 Å². The summed E-state index contributed by atoms with van der Waals surface area (Å²) in [7, 11) is 0. The fraction of sp³-hybridized carbons (Fsp3) is 0.929. The number of nitrogens with two attached hydrogens (primary N) is 1. The van der Waals surface area contributed by atoms with Crippen molar-refractivity contribution >= 4 is 5.91 Å². The van der Waals surface area contributed by atoms with Crippen molar-refractivity contribution in [1.82, 2.24) is 4.90 Å². The maximum absolute atomic E-state index is 12.3. The molecule has 3 rings (SSSR count). The molecule has 2 N–H and O–H groups in total. The minimum Gasteiger partial charge on any atom is -0.375 e. The molecule has 2 heterocycles. The first-order chi connectivity index (χ1) is 9.16. The smallest absolute Gasteiger partial charge is 0.224 e. The topological polar surface area (TPSA) is 64.8 Å². The van der Waals surface area contributed by atoms with E-state index in [4.69, 9.17) is 15.2 Å². The Morgan fingerprint density at radius 3 is 2.63 bits per heavy atom. The van der Waals surface area contributed by atoms with Gasteiger partial charge in [0.25, 0.3) is 0 Å². The second kappa shape index (κ2) is 5.38. The lowest BCUT2D eigenvalue weighted by Gasteiger charge is -2.41. The Morgan fingerprint density at radius 1 is 1.21 bits per heavy atom. The molecule has 0 radical (unpaired) electrons.